The first-order chi connectivity index (χ1) is 11.8. The van der Waals surface area contributed by atoms with E-state index < -0.39 is 0 Å². The summed E-state index contributed by atoms with van der Waals surface area (Å²) in [5.74, 6) is 2.18. The molecule has 1 unspecified atom stereocenters. The summed E-state index contributed by atoms with van der Waals surface area (Å²) >= 11 is 0. The third-order valence-electron chi connectivity index (χ3n) is 4.16. The Bertz CT molecular complexity index is 685. The summed E-state index contributed by atoms with van der Waals surface area (Å²) < 4.78 is 7.69. The van der Waals surface area contributed by atoms with Gasteiger partial charge in [0, 0.05) is 32.0 Å². The van der Waals surface area contributed by atoms with E-state index in [0.29, 0.717) is 32.2 Å². The number of nitrogens with zero attached hydrogens (tertiary/aromatic N) is 3. The summed E-state index contributed by atoms with van der Waals surface area (Å²) in [7, 11) is 0. The topological polar surface area (TPSA) is 81.1 Å². The zero-order chi connectivity index (χ0) is 16.8. The zero-order valence-corrected chi connectivity index (χ0v) is 13.9. The average Bonchev–Trinajstić information content (AvgIpc) is 3.07. The van der Waals surface area contributed by atoms with Gasteiger partial charge in [-0.1, -0.05) is 25.1 Å². The molecule has 0 aliphatic carbocycles. The van der Waals surface area contributed by atoms with Crippen molar-refractivity contribution in [3.05, 3.63) is 42.0 Å². The van der Waals surface area contributed by atoms with Gasteiger partial charge in [0.05, 0.1) is 6.61 Å². The number of carbonyl (C=O) groups excluding carboxylic acids is 1. The SMILES string of the molecule is CCc1nncn1CCNC(=O)NCC1COc2ccccc2C1. The fraction of sp³-hybridized carbons (Fsp3) is 0.471. The van der Waals surface area contributed by atoms with Crippen molar-refractivity contribution in [2.24, 2.45) is 5.92 Å². The number of nitrogens with one attached hydrogen (secondary N) is 2. The van der Waals surface area contributed by atoms with E-state index >= 15 is 0 Å². The lowest BCUT2D eigenvalue weighted by Gasteiger charge is -2.25. The Morgan fingerprint density at radius 1 is 1.38 bits per heavy atom. The van der Waals surface area contributed by atoms with E-state index in [-0.39, 0.29) is 6.03 Å². The average molecular weight is 329 g/mol. The van der Waals surface area contributed by atoms with E-state index in [1.54, 1.807) is 6.33 Å². The third kappa shape index (κ3) is 4.04. The predicted molar refractivity (Wildman–Crippen MR) is 89.9 cm³/mol. The van der Waals surface area contributed by atoms with Gasteiger partial charge in [0.15, 0.2) is 0 Å². The second kappa shape index (κ2) is 7.81. The summed E-state index contributed by atoms with van der Waals surface area (Å²) in [5.41, 5.74) is 1.20. The first-order valence-corrected chi connectivity index (χ1v) is 8.35. The Labute approximate surface area is 141 Å². The van der Waals surface area contributed by atoms with E-state index in [1.807, 2.05) is 29.7 Å². The number of urea groups is 1. The van der Waals surface area contributed by atoms with Gasteiger partial charge >= 0.3 is 6.03 Å². The molecule has 2 N–H and O–H groups in total. The monoisotopic (exact) mass is 329 g/mol. The molecular weight excluding hydrogens is 306 g/mol. The lowest BCUT2D eigenvalue weighted by Crippen LogP contribution is -2.41. The highest BCUT2D eigenvalue weighted by Gasteiger charge is 2.19. The number of ether oxygens (including phenoxy) is 1. The molecule has 2 heterocycles. The number of hydrogen-bond donors (Lipinski definition) is 2. The van der Waals surface area contributed by atoms with Crippen molar-refractivity contribution >= 4 is 6.03 Å². The molecule has 2 amide bonds. The van der Waals surface area contributed by atoms with Crippen molar-refractivity contribution in [1.29, 1.82) is 0 Å². The van der Waals surface area contributed by atoms with Gasteiger partial charge in [-0.25, -0.2) is 4.79 Å². The molecular formula is C17H23N5O2. The fourth-order valence-electron chi connectivity index (χ4n) is 2.85. The van der Waals surface area contributed by atoms with Gasteiger partial charge in [0.2, 0.25) is 0 Å². The van der Waals surface area contributed by atoms with Gasteiger partial charge in [0.1, 0.15) is 17.9 Å². The van der Waals surface area contributed by atoms with Crippen molar-refractivity contribution in [1.82, 2.24) is 25.4 Å². The van der Waals surface area contributed by atoms with Crippen LogP contribution in [0.4, 0.5) is 4.79 Å². The van der Waals surface area contributed by atoms with Crippen molar-refractivity contribution in [2.75, 3.05) is 19.7 Å². The Hall–Kier alpha value is -2.57. The van der Waals surface area contributed by atoms with Crippen molar-refractivity contribution in [3.63, 3.8) is 0 Å². The molecule has 0 fully saturated rings. The molecule has 128 valence electrons. The van der Waals surface area contributed by atoms with E-state index in [0.717, 1.165) is 24.4 Å². The molecule has 0 spiro atoms. The molecule has 0 saturated heterocycles. The molecule has 1 aliphatic rings. The van der Waals surface area contributed by atoms with Crippen LogP contribution in [-0.4, -0.2) is 40.5 Å². The second-order valence-corrected chi connectivity index (χ2v) is 5.92. The molecule has 1 aromatic heterocycles. The van der Waals surface area contributed by atoms with Crippen LogP contribution >= 0.6 is 0 Å². The van der Waals surface area contributed by atoms with Crippen molar-refractivity contribution in [3.8, 4) is 5.75 Å². The first-order valence-electron chi connectivity index (χ1n) is 8.35. The van der Waals surface area contributed by atoms with Crippen LogP contribution in [0.25, 0.3) is 0 Å². The molecule has 1 aromatic carbocycles. The van der Waals surface area contributed by atoms with E-state index in [2.05, 4.69) is 26.9 Å². The Kier molecular flexibility index (Phi) is 5.30. The summed E-state index contributed by atoms with van der Waals surface area (Å²) in [5, 5.41) is 13.7. The standard InChI is InChI=1S/C17H23N5O2/c1-2-16-21-20-12-22(16)8-7-18-17(23)19-10-13-9-14-5-3-4-6-15(14)24-11-13/h3-6,12-13H,2,7-11H2,1H3,(H2,18,19,23). The molecule has 7 heteroatoms. The second-order valence-electron chi connectivity index (χ2n) is 5.92. The number of para-hydroxylation sites is 1. The molecule has 2 aromatic rings. The Balaban J connectivity index is 1.37. The maximum atomic E-state index is 11.9. The molecule has 1 atom stereocenters. The molecule has 0 bridgehead atoms. The molecule has 7 nitrogen and oxygen atoms in total. The van der Waals surface area contributed by atoms with Crippen LogP contribution in [0, 0.1) is 5.92 Å². The van der Waals surface area contributed by atoms with Gasteiger partial charge in [-0.15, -0.1) is 10.2 Å². The van der Waals surface area contributed by atoms with Crippen LogP contribution in [0.15, 0.2) is 30.6 Å². The minimum Gasteiger partial charge on any atom is -0.493 e. The quantitative estimate of drug-likeness (QED) is 0.839. The number of carbonyl (C=O) groups is 1. The largest absolute Gasteiger partial charge is 0.493 e. The van der Waals surface area contributed by atoms with Gasteiger partial charge in [0.25, 0.3) is 0 Å². The maximum Gasteiger partial charge on any atom is 0.314 e. The van der Waals surface area contributed by atoms with Crippen LogP contribution in [0.2, 0.25) is 0 Å². The number of benzene rings is 1. The van der Waals surface area contributed by atoms with Gasteiger partial charge in [-0.2, -0.15) is 0 Å². The number of fused-ring (bicyclic) bond motifs is 1. The van der Waals surface area contributed by atoms with Crippen LogP contribution in [0.3, 0.4) is 0 Å². The Morgan fingerprint density at radius 3 is 3.12 bits per heavy atom. The lowest BCUT2D eigenvalue weighted by atomic mass is 9.97. The summed E-state index contributed by atoms with van der Waals surface area (Å²) in [6.07, 6.45) is 3.45. The van der Waals surface area contributed by atoms with Crippen molar-refractivity contribution in [2.45, 2.75) is 26.3 Å². The number of aryl methyl sites for hydroxylation is 1. The molecule has 0 radical (unpaired) electrons. The minimum absolute atomic E-state index is 0.153. The highest BCUT2D eigenvalue weighted by Crippen LogP contribution is 2.26. The number of amides is 2. The van der Waals surface area contributed by atoms with Crippen LogP contribution in [0.1, 0.15) is 18.3 Å². The zero-order valence-electron chi connectivity index (χ0n) is 13.9. The minimum atomic E-state index is -0.153. The lowest BCUT2D eigenvalue weighted by molar-refractivity contribution is 0.211. The molecule has 24 heavy (non-hydrogen) atoms. The van der Waals surface area contributed by atoms with Crippen LogP contribution < -0.4 is 15.4 Å². The number of hydrogen-bond acceptors (Lipinski definition) is 4. The van der Waals surface area contributed by atoms with Gasteiger partial charge in [-0.3, -0.25) is 0 Å². The highest BCUT2D eigenvalue weighted by atomic mass is 16.5. The van der Waals surface area contributed by atoms with Crippen LogP contribution in [-0.2, 0) is 19.4 Å². The maximum absolute atomic E-state index is 11.9. The van der Waals surface area contributed by atoms with Gasteiger partial charge in [-0.05, 0) is 18.1 Å². The normalized spacial score (nSPS) is 16.1. The summed E-state index contributed by atoms with van der Waals surface area (Å²) in [6.45, 7) is 4.49. The molecule has 0 saturated carbocycles. The smallest absolute Gasteiger partial charge is 0.314 e. The Morgan fingerprint density at radius 2 is 2.25 bits per heavy atom. The van der Waals surface area contributed by atoms with Crippen molar-refractivity contribution < 1.29 is 9.53 Å². The fourth-order valence-corrected chi connectivity index (χ4v) is 2.85. The predicted octanol–water partition coefficient (Wildman–Crippen LogP) is 1.39. The number of aromatic nitrogens is 3. The highest BCUT2D eigenvalue weighted by molar-refractivity contribution is 5.73. The van der Waals surface area contributed by atoms with E-state index in [9.17, 15) is 4.79 Å². The molecule has 1 aliphatic heterocycles. The van der Waals surface area contributed by atoms with Crippen LogP contribution in [0.5, 0.6) is 5.75 Å². The summed E-state index contributed by atoms with van der Waals surface area (Å²) in [4.78, 5) is 11.9. The first kappa shape index (κ1) is 16.3. The summed E-state index contributed by atoms with van der Waals surface area (Å²) in [6, 6.07) is 7.90. The van der Waals surface area contributed by atoms with E-state index in [1.165, 1.54) is 5.56 Å². The van der Waals surface area contributed by atoms with Gasteiger partial charge < -0.3 is 19.9 Å². The third-order valence-corrected chi connectivity index (χ3v) is 4.16. The number of rotatable bonds is 6. The van der Waals surface area contributed by atoms with E-state index in [4.69, 9.17) is 4.74 Å². The molecule has 3 rings (SSSR count).